The Morgan fingerprint density at radius 1 is 1.20 bits per heavy atom. The molecular weight excluding hydrogens is 208 g/mol. The molecule has 1 aromatic carbocycles. The molecule has 0 radical (unpaired) electrons. The lowest BCUT2D eigenvalue weighted by molar-refractivity contribution is -0.612. The molecule has 2 nitrogen and oxygen atoms in total. The minimum atomic E-state index is 0. The highest BCUT2D eigenvalue weighted by atomic mass is 35.5. The summed E-state index contributed by atoms with van der Waals surface area (Å²) in [5.74, 6) is 1.16. The van der Waals surface area contributed by atoms with Gasteiger partial charge in [-0.05, 0) is 19.4 Å². The van der Waals surface area contributed by atoms with Crippen LogP contribution >= 0.6 is 0 Å². The summed E-state index contributed by atoms with van der Waals surface area (Å²) in [5.41, 5.74) is 1.47. The molecule has 1 unspecified atom stereocenters. The number of benzene rings is 1. The predicted molar refractivity (Wildman–Crippen MR) is 58.3 cm³/mol. The molecule has 3 heteroatoms. The Balaban J connectivity index is 0.00000112. The van der Waals surface area contributed by atoms with E-state index in [1.807, 2.05) is 6.07 Å². The standard InChI is InChI=1S/C12H16N2.ClH/c1-9-13-11(12(2,3)14-9)10-7-5-4-6-8-10;/h4-8,11H,1-3H3,(H,13,14);1H. The number of rotatable bonds is 1. The minimum absolute atomic E-state index is 0. The number of nitrogens with zero attached hydrogens (tertiary/aromatic N) is 1. The van der Waals surface area contributed by atoms with Crippen LogP contribution in [0.15, 0.2) is 35.3 Å². The van der Waals surface area contributed by atoms with Crippen LogP contribution in [-0.4, -0.2) is 11.4 Å². The third-order valence-corrected chi connectivity index (χ3v) is 2.73. The quantitative estimate of drug-likeness (QED) is 0.602. The van der Waals surface area contributed by atoms with Gasteiger partial charge < -0.3 is 12.4 Å². The maximum Gasteiger partial charge on any atom is 0.193 e. The van der Waals surface area contributed by atoms with Gasteiger partial charge in [-0.2, -0.15) is 0 Å². The van der Waals surface area contributed by atoms with Gasteiger partial charge in [-0.15, -0.1) is 0 Å². The molecule has 82 valence electrons. The molecule has 0 aliphatic carbocycles. The molecule has 0 spiro atoms. The second-order valence-electron chi connectivity index (χ2n) is 4.55. The van der Waals surface area contributed by atoms with Crippen LogP contribution in [0.3, 0.4) is 0 Å². The third-order valence-electron chi connectivity index (χ3n) is 2.73. The van der Waals surface area contributed by atoms with E-state index in [1.165, 1.54) is 5.56 Å². The van der Waals surface area contributed by atoms with Gasteiger partial charge in [-0.1, -0.05) is 30.3 Å². The molecule has 1 atom stereocenters. The van der Waals surface area contributed by atoms with Crippen molar-refractivity contribution < 1.29 is 17.7 Å². The average molecular weight is 225 g/mol. The van der Waals surface area contributed by atoms with Crippen molar-refractivity contribution in [2.45, 2.75) is 32.4 Å². The van der Waals surface area contributed by atoms with Crippen LogP contribution in [0, 0.1) is 0 Å². The molecule has 0 saturated carbocycles. The third kappa shape index (κ3) is 2.39. The van der Waals surface area contributed by atoms with Crippen molar-refractivity contribution in [3.8, 4) is 0 Å². The molecule has 0 fully saturated rings. The fourth-order valence-electron chi connectivity index (χ4n) is 2.16. The first-order valence-corrected chi connectivity index (χ1v) is 5.05. The number of aliphatic imine (C=N–C) groups is 1. The minimum Gasteiger partial charge on any atom is -1.00 e. The summed E-state index contributed by atoms with van der Waals surface area (Å²) < 4.78 is 0. The van der Waals surface area contributed by atoms with E-state index < -0.39 is 0 Å². The molecule has 1 aliphatic rings. The van der Waals surface area contributed by atoms with Crippen LogP contribution in [0.25, 0.3) is 0 Å². The fourth-order valence-corrected chi connectivity index (χ4v) is 2.16. The van der Waals surface area contributed by atoms with Gasteiger partial charge in [0.2, 0.25) is 0 Å². The van der Waals surface area contributed by atoms with E-state index in [0.29, 0.717) is 6.04 Å². The highest BCUT2D eigenvalue weighted by molar-refractivity contribution is 5.71. The first kappa shape index (κ1) is 12.2. The summed E-state index contributed by atoms with van der Waals surface area (Å²) >= 11 is 0. The first-order valence-electron chi connectivity index (χ1n) is 5.05. The van der Waals surface area contributed by atoms with Crippen molar-refractivity contribution in [2.24, 2.45) is 4.99 Å². The van der Waals surface area contributed by atoms with Crippen LogP contribution in [0.4, 0.5) is 0 Å². The van der Waals surface area contributed by atoms with E-state index >= 15 is 0 Å². The summed E-state index contributed by atoms with van der Waals surface area (Å²) in [6.07, 6.45) is 0. The highest BCUT2D eigenvalue weighted by Crippen LogP contribution is 2.28. The molecule has 0 aromatic heterocycles. The van der Waals surface area contributed by atoms with E-state index in [4.69, 9.17) is 0 Å². The SMILES string of the molecule is CC1=NC(c2ccccc2)C(C)(C)[NH2+]1.[Cl-]. The van der Waals surface area contributed by atoms with E-state index in [0.717, 1.165) is 5.84 Å². The van der Waals surface area contributed by atoms with Crippen LogP contribution in [-0.2, 0) is 0 Å². The van der Waals surface area contributed by atoms with Crippen molar-refractivity contribution in [1.82, 2.24) is 0 Å². The van der Waals surface area contributed by atoms with Crippen LogP contribution in [0.5, 0.6) is 0 Å². The Morgan fingerprint density at radius 3 is 2.27 bits per heavy atom. The summed E-state index contributed by atoms with van der Waals surface area (Å²) in [6, 6.07) is 10.8. The number of nitrogens with two attached hydrogens (primary N) is 1. The summed E-state index contributed by atoms with van der Waals surface area (Å²) in [5, 5.41) is 2.25. The molecule has 15 heavy (non-hydrogen) atoms. The maximum atomic E-state index is 4.67. The van der Waals surface area contributed by atoms with Gasteiger partial charge >= 0.3 is 0 Å². The van der Waals surface area contributed by atoms with Crippen LogP contribution in [0.1, 0.15) is 32.4 Å². The van der Waals surface area contributed by atoms with Crippen LogP contribution < -0.4 is 17.7 Å². The van der Waals surface area contributed by atoms with Gasteiger partial charge in [0, 0.05) is 6.92 Å². The largest absolute Gasteiger partial charge is 1.00 e. The molecule has 1 aromatic rings. The van der Waals surface area contributed by atoms with Crippen molar-refractivity contribution in [1.29, 1.82) is 0 Å². The maximum absolute atomic E-state index is 4.67. The zero-order valence-electron chi connectivity index (χ0n) is 9.37. The molecule has 1 aliphatic heterocycles. The van der Waals surface area contributed by atoms with Gasteiger partial charge in [0.05, 0.1) is 0 Å². The lowest BCUT2D eigenvalue weighted by atomic mass is 9.90. The molecule has 2 rings (SSSR count). The number of quaternary nitrogens is 1. The Morgan fingerprint density at radius 2 is 1.80 bits per heavy atom. The lowest BCUT2D eigenvalue weighted by Gasteiger charge is -2.21. The van der Waals surface area contributed by atoms with E-state index in [2.05, 4.69) is 55.3 Å². The molecule has 0 amide bonds. The number of amidine groups is 1. The smallest absolute Gasteiger partial charge is 0.193 e. The number of halogens is 1. The van der Waals surface area contributed by atoms with Crippen molar-refractivity contribution >= 4 is 5.84 Å². The Kier molecular flexibility index (Phi) is 3.53. The van der Waals surface area contributed by atoms with E-state index in [1.54, 1.807) is 0 Å². The predicted octanol–water partition coefficient (Wildman–Crippen LogP) is -1.49. The molecule has 1 heterocycles. The zero-order valence-corrected chi connectivity index (χ0v) is 10.1. The monoisotopic (exact) mass is 224 g/mol. The number of hydrogen-bond donors (Lipinski definition) is 1. The summed E-state index contributed by atoms with van der Waals surface area (Å²) in [7, 11) is 0. The zero-order chi connectivity index (χ0) is 10.2. The highest BCUT2D eigenvalue weighted by Gasteiger charge is 2.39. The Hall–Kier alpha value is -0.860. The molecule has 0 saturated heterocycles. The lowest BCUT2D eigenvalue weighted by Crippen LogP contribution is -3.00. The van der Waals surface area contributed by atoms with Gasteiger partial charge in [0.1, 0.15) is 11.6 Å². The second-order valence-corrected chi connectivity index (χ2v) is 4.55. The summed E-state index contributed by atoms with van der Waals surface area (Å²) in [6.45, 7) is 6.56. The normalized spacial score (nSPS) is 23.1. The Labute approximate surface area is 97.2 Å². The van der Waals surface area contributed by atoms with Gasteiger partial charge in [0.25, 0.3) is 0 Å². The van der Waals surface area contributed by atoms with Crippen molar-refractivity contribution in [2.75, 3.05) is 0 Å². The van der Waals surface area contributed by atoms with E-state index in [-0.39, 0.29) is 17.9 Å². The second kappa shape index (κ2) is 4.33. The Bertz CT molecular complexity index is 357. The van der Waals surface area contributed by atoms with Gasteiger partial charge in [0.15, 0.2) is 5.84 Å². The first-order chi connectivity index (χ1) is 6.59. The fraction of sp³-hybridized carbons (Fsp3) is 0.417. The van der Waals surface area contributed by atoms with Gasteiger partial charge in [-0.25, -0.2) is 4.99 Å². The topological polar surface area (TPSA) is 29.0 Å². The summed E-state index contributed by atoms with van der Waals surface area (Å²) in [4.78, 5) is 4.67. The van der Waals surface area contributed by atoms with Crippen molar-refractivity contribution in [3.05, 3.63) is 35.9 Å². The van der Waals surface area contributed by atoms with Gasteiger partial charge in [-0.3, -0.25) is 5.32 Å². The van der Waals surface area contributed by atoms with E-state index in [9.17, 15) is 0 Å². The van der Waals surface area contributed by atoms with Crippen LogP contribution in [0.2, 0.25) is 0 Å². The molecule has 0 bridgehead atoms. The number of hydrogen-bond acceptors (Lipinski definition) is 1. The molecule has 2 N–H and O–H groups in total. The average Bonchev–Trinajstić information content (AvgIpc) is 2.41. The van der Waals surface area contributed by atoms with Crippen molar-refractivity contribution in [3.63, 3.8) is 0 Å². The molecular formula is C12H17ClN2.